The third-order valence-corrected chi connectivity index (χ3v) is 4.29. The monoisotopic (exact) mass is 360 g/mol. The number of amides is 1. The Morgan fingerprint density at radius 3 is 2.64 bits per heavy atom. The van der Waals surface area contributed by atoms with Crippen molar-refractivity contribution in [2.45, 2.75) is 4.90 Å². The highest BCUT2D eigenvalue weighted by Gasteiger charge is 2.08. The maximum atomic E-state index is 12.1. The smallest absolute Gasteiger partial charge is 0.238 e. The van der Waals surface area contributed by atoms with Crippen LogP contribution in [0.1, 0.15) is 0 Å². The van der Waals surface area contributed by atoms with Crippen molar-refractivity contribution in [2.75, 3.05) is 45.4 Å². The number of nitrogens with zero attached hydrogens (tertiary/aromatic N) is 1. The molecule has 0 aliphatic rings. The largest absolute Gasteiger partial charge is 0.493 e. The number of thioether (sulfide) groups is 1. The SMILES string of the molecule is COc1ccccc1OCCN(C)CC(=O)Nc1cccc(SC)c1. The molecule has 0 unspecified atom stereocenters. The Morgan fingerprint density at radius 2 is 1.92 bits per heavy atom. The zero-order chi connectivity index (χ0) is 18.1. The molecular formula is C19H24N2O3S. The molecule has 0 radical (unpaired) electrons. The number of methoxy groups -OCH3 is 1. The highest BCUT2D eigenvalue weighted by Crippen LogP contribution is 2.25. The van der Waals surface area contributed by atoms with Crippen LogP contribution in [0.2, 0.25) is 0 Å². The molecule has 1 N–H and O–H groups in total. The Balaban J connectivity index is 1.75. The van der Waals surface area contributed by atoms with Gasteiger partial charge in [-0.05, 0) is 43.6 Å². The van der Waals surface area contributed by atoms with E-state index in [0.717, 1.165) is 10.6 Å². The highest BCUT2D eigenvalue weighted by atomic mass is 32.2. The normalized spacial score (nSPS) is 10.6. The summed E-state index contributed by atoms with van der Waals surface area (Å²) in [6, 6.07) is 15.3. The Labute approximate surface area is 153 Å². The molecule has 2 aromatic rings. The van der Waals surface area contributed by atoms with Gasteiger partial charge in [0.15, 0.2) is 11.5 Å². The molecule has 0 fully saturated rings. The first kappa shape index (κ1) is 19.1. The number of rotatable bonds is 9. The second-order valence-electron chi connectivity index (χ2n) is 5.52. The van der Waals surface area contributed by atoms with E-state index in [1.54, 1.807) is 18.9 Å². The third kappa shape index (κ3) is 6.32. The van der Waals surface area contributed by atoms with Crippen molar-refractivity contribution in [3.05, 3.63) is 48.5 Å². The molecule has 0 saturated heterocycles. The number of nitrogens with one attached hydrogen (secondary N) is 1. The van der Waals surface area contributed by atoms with Gasteiger partial charge in [0.05, 0.1) is 13.7 Å². The number of carbonyl (C=O) groups excluding carboxylic acids is 1. The van der Waals surface area contributed by atoms with Crippen LogP contribution in [-0.4, -0.2) is 50.9 Å². The number of hydrogen-bond acceptors (Lipinski definition) is 5. The minimum atomic E-state index is -0.0435. The number of carbonyl (C=O) groups is 1. The lowest BCUT2D eigenvalue weighted by atomic mass is 10.3. The van der Waals surface area contributed by atoms with Crippen LogP contribution in [0.4, 0.5) is 5.69 Å². The van der Waals surface area contributed by atoms with Crippen LogP contribution in [0.25, 0.3) is 0 Å². The lowest BCUT2D eigenvalue weighted by Crippen LogP contribution is -2.33. The Morgan fingerprint density at radius 1 is 1.16 bits per heavy atom. The van der Waals surface area contributed by atoms with Crippen LogP contribution in [0.5, 0.6) is 11.5 Å². The standard InChI is InChI=1S/C19H24N2O3S/c1-21(11-12-24-18-10-5-4-9-17(18)23-2)14-19(22)20-15-7-6-8-16(13-15)25-3/h4-10,13H,11-12,14H2,1-3H3,(H,20,22). The minimum Gasteiger partial charge on any atom is -0.493 e. The van der Waals surface area contributed by atoms with E-state index in [1.807, 2.05) is 66.7 Å². The molecule has 0 saturated carbocycles. The van der Waals surface area contributed by atoms with E-state index in [2.05, 4.69) is 5.32 Å². The first-order chi connectivity index (χ1) is 12.1. The summed E-state index contributed by atoms with van der Waals surface area (Å²) < 4.78 is 11.0. The highest BCUT2D eigenvalue weighted by molar-refractivity contribution is 7.98. The molecule has 0 aliphatic carbocycles. The van der Waals surface area contributed by atoms with E-state index in [1.165, 1.54) is 0 Å². The fourth-order valence-electron chi connectivity index (χ4n) is 2.28. The van der Waals surface area contributed by atoms with Crippen LogP contribution >= 0.6 is 11.8 Å². The van der Waals surface area contributed by atoms with E-state index in [4.69, 9.17) is 9.47 Å². The fourth-order valence-corrected chi connectivity index (χ4v) is 2.73. The molecular weight excluding hydrogens is 336 g/mol. The van der Waals surface area contributed by atoms with Gasteiger partial charge in [0, 0.05) is 17.1 Å². The van der Waals surface area contributed by atoms with Gasteiger partial charge in [0.2, 0.25) is 5.91 Å². The molecule has 134 valence electrons. The van der Waals surface area contributed by atoms with E-state index in [9.17, 15) is 4.79 Å². The molecule has 6 heteroatoms. The van der Waals surface area contributed by atoms with Crippen molar-refractivity contribution < 1.29 is 14.3 Å². The summed E-state index contributed by atoms with van der Waals surface area (Å²) in [6.45, 7) is 1.42. The summed E-state index contributed by atoms with van der Waals surface area (Å²) in [6.07, 6.45) is 2.01. The number of hydrogen-bond donors (Lipinski definition) is 1. The van der Waals surface area contributed by atoms with Crippen LogP contribution < -0.4 is 14.8 Å². The molecule has 2 aromatic carbocycles. The first-order valence-corrected chi connectivity index (χ1v) is 9.23. The van der Waals surface area contributed by atoms with Crippen molar-refractivity contribution in [2.24, 2.45) is 0 Å². The molecule has 0 aromatic heterocycles. The topological polar surface area (TPSA) is 50.8 Å². The quantitative estimate of drug-likeness (QED) is 0.695. The van der Waals surface area contributed by atoms with Crippen molar-refractivity contribution >= 4 is 23.4 Å². The predicted octanol–water partition coefficient (Wildman–Crippen LogP) is 3.37. The van der Waals surface area contributed by atoms with Crippen molar-refractivity contribution in [3.8, 4) is 11.5 Å². The van der Waals surface area contributed by atoms with E-state index in [-0.39, 0.29) is 5.91 Å². The van der Waals surface area contributed by atoms with Gasteiger partial charge in [-0.3, -0.25) is 9.69 Å². The van der Waals surface area contributed by atoms with Gasteiger partial charge >= 0.3 is 0 Å². The van der Waals surface area contributed by atoms with Crippen molar-refractivity contribution in [1.29, 1.82) is 0 Å². The van der Waals surface area contributed by atoms with Gasteiger partial charge in [-0.25, -0.2) is 0 Å². The van der Waals surface area contributed by atoms with Crippen molar-refractivity contribution in [1.82, 2.24) is 4.90 Å². The molecule has 0 bridgehead atoms. The fraction of sp³-hybridized carbons (Fsp3) is 0.316. The first-order valence-electron chi connectivity index (χ1n) is 8.00. The second kappa shape index (κ2) is 9.96. The average Bonchev–Trinajstić information content (AvgIpc) is 2.62. The van der Waals surface area contributed by atoms with Crippen molar-refractivity contribution in [3.63, 3.8) is 0 Å². The maximum absolute atomic E-state index is 12.1. The van der Waals surface area contributed by atoms with Gasteiger partial charge in [-0.15, -0.1) is 11.8 Å². The molecule has 2 rings (SSSR count). The zero-order valence-electron chi connectivity index (χ0n) is 14.8. The zero-order valence-corrected chi connectivity index (χ0v) is 15.6. The van der Waals surface area contributed by atoms with Crippen LogP contribution in [0, 0.1) is 0 Å². The predicted molar refractivity (Wildman–Crippen MR) is 103 cm³/mol. The summed E-state index contributed by atoms with van der Waals surface area (Å²) in [4.78, 5) is 15.2. The Kier molecular flexibility index (Phi) is 7.63. The number of para-hydroxylation sites is 2. The molecule has 5 nitrogen and oxygen atoms in total. The Hall–Kier alpha value is -2.18. The molecule has 0 spiro atoms. The van der Waals surface area contributed by atoms with E-state index in [0.29, 0.717) is 31.2 Å². The number of anilines is 1. The van der Waals surface area contributed by atoms with Crippen LogP contribution in [0.15, 0.2) is 53.4 Å². The average molecular weight is 360 g/mol. The van der Waals surface area contributed by atoms with Gasteiger partial charge < -0.3 is 14.8 Å². The van der Waals surface area contributed by atoms with Crippen LogP contribution in [-0.2, 0) is 4.79 Å². The number of benzene rings is 2. The lowest BCUT2D eigenvalue weighted by Gasteiger charge is -2.17. The number of likely N-dealkylation sites (N-methyl/N-ethyl adjacent to an activating group) is 1. The molecule has 0 atom stereocenters. The van der Waals surface area contributed by atoms with E-state index >= 15 is 0 Å². The molecule has 0 heterocycles. The lowest BCUT2D eigenvalue weighted by molar-refractivity contribution is -0.117. The number of ether oxygens (including phenoxy) is 2. The molecule has 25 heavy (non-hydrogen) atoms. The van der Waals surface area contributed by atoms with Gasteiger partial charge in [0.25, 0.3) is 0 Å². The van der Waals surface area contributed by atoms with Gasteiger partial charge in [0.1, 0.15) is 6.61 Å². The summed E-state index contributed by atoms with van der Waals surface area (Å²) in [5.74, 6) is 1.37. The molecule has 1 amide bonds. The minimum absolute atomic E-state index is 0.0435. The summed E-state index contributed by atoms with van der Waals surface area (Å²) in [7, 11) is 3.51. The maximum Gasteiger partial charge on any atom is 0.238 e. The molecule has 0 aliphatic heterocycles. The van der Waals surface area contributed by atoms with E-state index < -0.39 is 0 Å². The van der Waals surface area contributed by atoms with Crippen LogP contribution in [0.3, 0.4) is 0 Å². The summed E-state index contributed by atoms with van der Waals surface area (Å²) in [5.41, 5.74) is 0.815. The third-order valence-electron chi connectivity index (χ3n) is 3.57. The van der Waals surface area contributed by atoms with Gasteiger partial charge in [-0.2, -0.15) is 0 Å². The summed E-state index contributed by atoms with van der Waals surface area (Å²) >= 11 is 1.65. The summed E-state index contributed by atoms with van der Waals surface area (Å²) in [5, 5.41) is 2.92. The Bertz CT molecular complexity index is 694. The second-order valence-corrected chi connectivity index (χ2v) is 6.40. The van der Waals surface area contributed by atoms with Gasteiger partial charge in [-0.1, -0.05) is 18.2 Å².